The highest BCUT2D eigenvalue weighted by Crippen LogP contribution is 2.42. The number of likely N-dealkylation sites (tertiary alicyclic amines) is 1. The molecule has 3 nitrogen and oxygen atoms in total. The molecule has 1 aliphatic heterocycles. The third-order valence-corrected chi connectivity index (χ3v) is 6.04. The number of rotatable bonds is 1. The number of hydrogen-bond donors (Lipinski definition) is 1. The molecule has 1 aliphatic carbocycles. The monoisotopic (exact) mass is 306 g/mol. The summed E-state index contributed by atoms with van der Waals surface area (Å²) in [6, 6.07) is 6.11. The molecule has 2 aliphatic rings. The number of benzene rings is 1. The standard InChI is InChI=1S/C15H15ClN2OS/c16-10-2-1-3-11-12(10)13(17)14(20-11)15(19)18-7-8-4-5-9(18)6-8/h1-3,8-9H,4-7,17H2. The Morgan fingerprint density at radius 2 is 2.25 bits per heavy atom. The molecule has 2 aromatic rings. The first-order chi connectivity index (χ1) is 9.65. The lowest BCUT2D eigenvalue weighted by Crippen LogP contribution is -2.37. The number of amides is 1. The molecule has 2 fully saturated rings. The van der Waals surface area contributed by atoms with Crippen LogP contribution in [-0.2, 0) is 0 Å². The molecule has 1 aromatic carbocycles. The van der Waals surface area contributed by atoms with Gasteiger partial charge in [0.05, 0.1) is 10.7 Å². The number of nitrogen functional groups attached to an aromatic ring is 1. The normalized spacial score (nSPS) is 24.8. The highest BCUT2D eigenvalue weighted by molar-refractivity contribution is 7.21. The molecule has 1 saturated heterocycles. The molecule has 0 spiro atoms. The topological polar surface area (TPSA) is 46.3 Å². The van der Waals surface area contributed by atoms with Gasteiger partial charge in [0.1, 0.15) is 4.88 Å². The van der Waals surface area contributed by atoms with E-state index in [1.165, 1.54) is 17.8 Å². The fraction of sp³-hybridized carbons (Fsp3) is 0.400. The van der Waals surface area contributed by atoms with E-state index in [1.54, 1.807) is 0 Å². The molecule has 2 N–H and O–H groups in total. The van der Waals surface area contributed by atoms with Gasteiger partial charge in [-0.05, 0) is 37.3 Å². The molecule has 4 rings (SSSR count). The van der Waals surface area contributed by atoms with Gasteiger partial charge < -0.3 is 10.6 Å². The van der Waals surface area contributed by atoms with Crippen molar-refractivity contribution in [3.05, 3.63) is 28.1 Å². The summed E-state index contributed by atoms with van der Waals surface area (Å²) in [4.78, 5) is 15.4. The van der Waals surface area contributed by atoms with Crippen molar-refractivity contribution in [2.45, 2.75) is 25.3 Å². The predicted octanol–water partition coefficient (Wildman–Crippen LogP) is 3.76. The first-order valence-electron chi connectivity index (χ1n) is 6.92. The Bertz CT molecular complexity index is 711. The van der Waals surface area contributed by atoms with E-state index in [9.17, 15) is 4.79 Å². The van der Waals surface area contributed by atoms with Crippen LogP contribution in [0.1, 0.15) is 28.9 Å². The Labute approximate surface area is 126 Å². The zero-order valence-electron chi connectivity index (χ0n) is 10.9. The maximum atomic E-state index is 12.8. The van der Waals surface area contributed by atoms with Crippen LogP contribution in [-0.4, -0.2) is 23.4 Å². The SMILES string of the molecule is Nc1c(C(=O)N2CC3CCC2C3)sc2cccc(Cl)c12. The van der Waals surface area contributed by atoms with Crippen LogP contribution in [0.4, 0.5) is 5.69 Å². The first kappa shape index (κ1) is 12.5. The minimum absolute atomic E-state index is 0.0898. The fourth-order valence-corrected chi connectivity index (χ4v) is 5.03. The summed E-state index contributed by atoms with van der Waals surface area (Å²) < 4.78 is 0.989. The average molecular weight is 307 g/mol. The van der Waals surface area contributed by atoms with Gasteiger partial charge in [-0.2, -0.15) is 0 Å². The number of carbonyl (C=O) groups is 1. The maximum absolute atomic E-state index is 12.8. The highest BCUT2D eigenvalue weighted by Gasteiger charge is 2.41. The first-order valence-corrected chi connectivity index (χ1v) is 8.12. The number of thiophene rings is 1. The van der Waals surface area contributed by atoms with Gasteiger partial charge in [0.2, 0.25) is 0 Å². The second-order valence-corrected chi connectivity index (χ2v) is 7.21. The number of hydrogen-bond acceptors (Lipinski definition) is 3. The number of anilines is 1. The Morgan fingerprint density at radius 3 is 2.90 bits per heavy atom. The molecule has 0 radical (unpaired) electrons. The van der Waals surface area contributed by atoms with Crippen molar-refractivity contribution in [1.82, 2.24) is 4.90 Å². The Kier molecular flexibility index (Phi) is 2.72. The summed E-state index contributed by atoms with van der Waals surface area (Å²) in [6.45, 7) is 0.894. The average Bonchev–Trinajstić information content (AvgIpc) is 3.12. The van der Waals surface area contributed by atoms with Crippen LogP contribution in [0.5, 0.6) is 0 Å². The van der Waals surface area contributed by atoms with Crippen LogP contribution >= 0.6 is 22.9 Å². The molecule has 5 heteroatoms. The minimum atomic E-state index is 0.0898. The Morgan fingerprint density at radius 1 is 1.40 bits per heavy atom. The van der Waals surface area contributed by atoms with Gasteiger partial charge in [-0.1, -0.05) is 17.7 Å². The van der Waals surface area contributed by atoms with Gasteiger partial charge in [-0.3, -0.25) is 4.79 Å². The summed E-state index contributed by atoms with van der Waals surface area (Å²) in [6.07, 6.45) is 3.57. The lowest BCUT2D eigenvalue weighted by molar-refractivity contribution is 0.0709. The van der Waals surface area contributed by atoms with Gasteiger partial charge >= 0.3 is 0 Å². The molecule has 1 aromatic heterocycles. The predicted molar refractivity (Wildman–Crippen MR) is 83.4 cm³/mol. The number of nitrogens with two attached hydrogens (primary N) is 1. The third-order valence-electron chi connectivity index (χ3n) is 4.57. The summed E-state index contributed by atoms with van der Waals surface area (Å²) in [5, 5.41) is 1.45. The quantitative estimate of drug-likeness (QED) is 0.872. The number of carbonyl (C=O) groups excluding carboxylic acids is 1. The molecule has 20 heavy (non-hydrogen) atoms. The zero-order valence-corrected chi connectivity index (χ0v) is 12.5. The molecular formula is C15H15ClN2OS. The van der Waals surface area contributed by atoms with E-state index in [0.717, 1.165) is 29.5 Å². The van der Waals surface area contributed by atoms with Crippen molar-refractivity contribution >= 4 is 44.6 Å². The van der Waals surface area contributed by atoms with E-state index in [4.69, 9.17) is 17.3 Å². The third kappa shape index (κ3) is 1.68. The van der Waals surface area contributed by atoms with E-state index in [1.807, 2.05) is 23.1 Å². The fourth-order valence-electron chi connectivity index (χ4n) is 3.59. The van der Waals surface area contributed by atoms with Gasteiger partial charge in [0.25, 0.3) is 5.91 Å². The summed E-state index contributed by atoms with van der Waals surface area (Å²) in [5.74, 6) is 0.787. The molecule has 2 bridgehead atoms. The summed E-state index contributed by atoms with van der Waals surface area (Å²) in [7, 11) is 0. The lowest BCUT2D eigenvalue weighted by atomic mass is 10.1. The van der Waals surface area contributed by atoms with E-state index in [0.29, 0.717) is 27.5 Å². The molecule has 104 valence electrons. The van der Waals surface area contributed by atoms with Crippen molar-refractivity contribution in [3.8, 4) is 0 Å². The highest BCUT2D eigenvalue weighted by atomic mass is 35.5. The van der Waals surface area contributed by atoms with Crippen LogP contribution in [0.3, 0.4) is 0 Å². The molecule has 2 atom stereocenters. The van der Waals surface area contributed by atoms with Gasteiger partial charge in [-0.15, -0.1) is 11.3 Å². The van der Waals surface area contributed by atoms with Gasteiger partial charge in [0, 0.05) is 22.7 Å². The van der Waals surface area contributed by atoms with Crippen molar-refractivity contribution in [2.24, 2.45) is 5.92 Å². The Hall–Kier alpha value is -1.26. The van der Waals surface area contributed by atoms with E-state index >= 15 is 0 Å². The van der Waals surface area contributed by atoms with Crippen molar-refractivity contribution < 1.29 is 4.79 Å². The van der Waals surface area contributed by atoms with E-state index < -0.39 is 0 Å². The van der Waals surface area contributed by atoms with Crippen LogP contribution in [0.2, 0.25) is 5.02 Å². The maximum Gasteiger partial charge on any atom is 0.266 e. The second-order valence-electron chi connectivity index (χ2n) is 5.75. The van der Waals surface area contributed by atoms with Crippen LogP contribution in [0.25, 0.3) is 10.1 Å². The van der Waals surface area contributed by atoms with Gasteiger partial charge in [-0.25, -0.2) is 0 Å². The summed E-state index contributed by atoms with van der Waals surface area (Å²) in [5.41, 5.74) is 6.73. The number of nitrogens with zero attached hydrogens (tertiary/aromatic N) is 1. The van der Waals surface area contributed by atoms with Crippen molar-refractivity contribution in [1.29, 1.82) is 0 Å². The van der Waals surface area contributed by atoms with Gasteiger partial charge in [0.15, 0.2) is 0 Å². The zero-order chi connectivity index (χ0) is 13.9. The number of fused-ring (bicyclic) bond motifs is 3. The molecule has 2 heterocycles. The smallest absolute Gasteiger partial charge is 0.266 e. The van der Waals surface area contributed by atoms with E-state index in [2.05, 4.69) is 0 Å². The van der Waals surface area contributed by atoms with Crippen LogP contribution < -0.4 is 5.73 Å². The largest absolute Gasteiger partial charge is 0.397 e. The minimum Gasteiger partial charge on any atom is -0.397 e. The lowest BCUT2D eigenvalue weighted by Gasteiger charge is -2.26. The number of halogens is 1. The molecular weight excluding hydrogens is 292 g/mol. The van der Waals surface area contributed by atoms with Crippen LogP contribution in [0.15, 0.2) is 18.2 Å². The molecule has 1 saturated carbocycles. The van der Waals surface area contributed by atoms with E-state index in [-0.39, 0.29) is 5.91 Å². The summed E-state index contributed by atoms with van der Waals surface area (Å²) >= 11 is 7.66. The van der Waals surface area contributed by atoms with Crippen molar-refractivity contribution in [3.63, 3.8) is 0 Å². The number of piperidine rings is 1. The Balaban J connectivity index is 1.77. The van der Waals surface area contributed by atoms with Crippen LogP contribution in [0, 0.1) is 5.92 Å². The second kappa shape index (κ2) is 4.37. The van der Waals surface area contributed by atoms with Crippen molar-refractivity contribution in [2.75, 3.05) is 12.3 Å². The molecule has 2 unspecified atom stereocenters. The molecule has 1 amide bonds.